The number of nitrogens with two attached hydrogens (primary N) is 1. The lowest BCUT2D eigenvalue weighted by atomic mass is 10.2. The molecule has 0 atom stereocenters. The summed E-state index contributed by atoms with van der Waals surface area (Å²) in [5.74, 6) is 1.02. The Bertz CT molecular complexity index is 561. The fourth-order valence-corrected chi connectivity index (χ4v) is 2.60. The van der Waals surface area contributed by atoms with Crippen molar-refractivity contribution in [2.45, 2.75) is 0 Å². The Morgan fingerprint density at radius 2 is 1.60 bits per heavy atom. The number of anilines is 3. The van der Waals surface area contributed by atoms with Crippen LogP contribution in [0.1, 0.15) is 0 Å². The van der Waals surface area contributed by atoms with Crippen molar-refractivity contribution in [1.29, 1.82) is 0 Å². The zero-order valence-electron chi connectivity index (χ0n) is 11.0. The second-order valence-electron chi connectivity index (χ2n) is 4.72. The molecule has 0 unspecified atom stereocenters. The van der Waals surface area contributed by atoms with E-state index in [0.29, 0.717) is 5.15 Å². The van der Waals surface area contributed by atoms with Crippen LogP contribution in [0.25, 0.3) is 0 Å². The first kappa shape index (κ1) is 13.0. The maximum absolute atomic E-state index is 5.93. The molecule has 0 amide bonds. The molecule has 1 aliphatic rings. The van der Waals surface area contributed by atoms with E-state index in [1.807, 2.05) is 6.07 Å². The molecule has 1 fully saturated rings. The number of benzene rings is 1. The van der Waals surface area contributed by atoms with Gasteiger partial charge in [-0.25, -0.2) is 4.98 Å². The molecule has 1 aromatic heterocycles. The van der Waals surface area contributed by atoms with Crippen LogP contribution in [0.15, 0.2) is 36.4 Å². The summed E-state index contributed by atoms with van der Waals surface area (Å²) in [5.41, 5.74) is 6.90. The number of aromatic nitrogens is 2. The van der Waals surface area contributed by atoms with Gasteiger partial charge in [-0.3, -0.25) is 0 Å². The van der Waals surface area contributed by atoms with Crippen molar-refractivity contribution >= 4 is 29.1 Å². The van der Waals surface area contributed by atoms with Gasteiger partial charge in [-0.2, -0.15) is 4.98 Å². The van der Waals surface area contributed by atoms with Crippen LogP contribution in [0.5, 0.6) is 0 Å². The predicted octanol–water partition coefficient (Wildman–Crippen LogP) is 2.04. The number of nitrogens with zero attached hydrogens (tertiary/aromatic N) is 4. The molecule has 1 aliphatic heterocycles. The summed E-state index contributed by atoms with van der Waals surface area (Å²) >= 11 is 5.93. The lowest BCUT2D eigenvalue weighted by molar-refractivity contribution is 0.647. The van der Waals surface area contributed by atoms with Crippen molar-refractivity contribution in [3.05, 3.63) is 41.6 Å². The first-order valence-corrected chi connectivity index (χ1v) is 6.95. The van der Waals surface area contributed by atoms with E-state index in [9.17, 15) is 0 Å². The van der Waals surface area contributed by atoms with E-state index < -0.39 is 0 Å². The smallest absolute Gasteiger partial charge is 0.223 e. The summed E-state index contributed by atoms with van der Waals surface area (Å²) in [7, 11) is 0. The highest BCUT2D eigenvalue weighted by Gasteiger charge is 2.19. The largest absolute Gasteiger partial charge is 0.368 e. The van der Waals surface area contributed by atoms with E-state index >= 15 is 0 Å². The van der Waals surface area contributed by atoms with Crippen molar-refractivity contribution in [3.8, 4) is 0 Å². The van der Waals surface area contributed by atoms with Crippen LogP contribution in [-0.2, 0) is 0 Å². The summed E-state index contributed by atoms with van der Waals surface area (Å²) in [5, 5.41) is 0.387. The molecular formula is C14H16ClN5. The first-order valence-electron chi connectivity index (χ1n) is 6.57. The van der Waals surface area contributed by atoms with Crippen LogP contribution < -0.4 is 15.5 Å². The highest BCUT2D eigenvalue weighted by atomic mass is 35.5. The van der Waals surface area contributed by atoms with Crippen molar-refractivity contribution in [3.63, 3.8) is 0 Å². The maximum atomic E-state index is 5.93. The molecule has 0 aliphatic carbocycles. The lowest BCUT2D eigenvalue weighted by Gasteiger charge is -2.36. The minimum atomic E-state index is 0.220. The molecule has 1 saturated heterocycles. The molecular weight excluding hydrogens is 274 g/mol. The molecule has 0 bridgehead atoms. The summed E-state index contributed by atoms with van der Waals surface area (Å²) < 4.78 is 0. The van der Waals surface area contributed by atoms with Crippen molar-refractivity contribution < 1.29 is 0 Å². The highest BCUT2D eigenvalue weighted by molar-refractivity contribution is 6.29. The average Bonchev–Trinajstić information content (AvgIpc) is 2.47. The molecule has 104 valence electrons. The molecule has 3 rings (SSSR count). The van der Waals surface area contributed by atoms with Gasteiger partial charge >= 0.3 is 0 Å². The molecule has 0 saturated carbocycles. The second-order valence-corrected chi connectivity index (χ2v) is 5.10. The molecule has 0 spiro atoms. The highest BCUT2D eigenvalue weighted by Crippen LogP contribution is 2.21. The second kappa shape index (κ2) is 5.54. The summed E-state index contributed by atoms with van der Waals surface area (Å²) in [6, 6.07) is 12.2. The van der Waals surface area contributed by atoms with Gasteiger partial charge < -0.3 is 15.5 Å². The predicted molar refractivity (Wildman–Crippen MR) is 82.3 cm³/mol. The SMILES string of the molecule is Nc1nc(Cl)cc(N2CCN(c3ccccc3)CC2)n1. The Balaban J connectivity index is 1.69. The van der Waals surface area contributed by atoms with E-state index in [2.05, 4.69) is 44.0 Å². The Morgan fingerprint density at radius 3 is 2.25 bits per heavy atom. The van der Waals surface area contributed by atoms with E-state index in [1.54, 1.807) is 6.07 Å². The van der Waals surface area contributed by atoms with E-state index in [4.69, 9.17) is 17.3 Å². The minimum absolute atomic E-state index is 0.220. The molecule has 2 aromatic rings. The Labute approximate surface area is 123 Å². The van der Waals surface area contributed by atoms with E-state index in [0.717, 1.165) is 32.0 Å². The summed E-state index contributed by atoms with van der Waals surface area (Å²) in [6.45, 7) is 3.68. The number of halogens is 1. The fourth-order valence-electron chi connectivity index (χ4n) is 2.42. The standard InChI is InChI=1S/C14H16ClN5/c15-12-10-13(18-14(16)17-12)20-8-6-19(7-9-20)11-4-2-1-3-5-11/h1-5,10H,6-9H2,(H2,16,17,18). The van der Waals surface area contributed by atoms with Gasteiger partial charge in [0.1, 0.15) is 11.0 Å². The van der Waals surface area contributed by atoms with Gasteiger partial charge in [0.2, 0.25) is 5.95 Å². The first-order chi connectivity index (χ1) is 9.72. The number of nitrogen functional groups attached to an aromatic ring is 1. The van der Waals surface area contributed by atoms with Crippen LogP contribution in [0.4, 0.5) is 17.5 Å². The zero-order valence-corrected chi connectivity index (χ0v) is 11.8. The van der Waals surface area contributed by atoms with E-state index in [-0.39, 0.29) is 5.95 Å². The topological polar surface area (TPSA) is 58.3 Å². The van der Waals surface area contributed by atoms with Gasteiger partial charge in [0.25, 0.3) is 0 Å². The summed E-state index contributed by atoms with van der Waals surface area (Å²) in [6.07, 6.45) is 0. The minimum Gasteiger partial charge on any atom is -0.368 e. The molecule has 20 heavy (non-hydrogen) atoms. The molecule has 0 radical (unpaired) electrons. The average molecular weight is 290 g/mol. The zero-order chi connectivity index (χ0) is 13.9. The lowest BCUT2D eigenvalue weighted by Crippen LogP contribution is -2.46. The number of para-hydroxylation sites is 1. The van der Waals surface area contributed by atoms with Gasteiger partial charge in [0.05, 0.1) is 0 Å². The third-order valence-electron chi connectivity index (χ3n) is 3.42. The molecule has 6 heteroatoms. The maximum Gasteiger partial charge on any atom is 0.223 e. The van der Waals surface area contributed by atoms with Crippen LogP contribution in [-0.4, -0.2) is 36.1 Å². The Kier molecular flexibility index (Phi) is 3.60. The van der Waals surface area contributed by atoms with E-state index in [1.165, 1.54) is 5.69 Å². The number of hydrogen-bond acceptors (Lipinski definition) is 5. The van der Waals surface area contributed by atoms with Crippen molar-refractivity contribution in [2.75, 3.05) is 41.7 Å². The van der Waals surface area contributed by atoms with Crippen LogP contribution in [0, 0.1) is 0 Å². The van der Waals surface area contributed by atoms with Gasteiger partial charge in [-0.15, -0.1) is 0 Å². The quantitative estimate of drug-likeness (QED) is 0.858. The van der Waals surface area contributed by atoms with Gasteiger partial charge in [-0.1, -0.05) is 29.8 Å². The molecule has 2 heterocycles. The Hall–Kier alpha value is -2.01. The van der Waals surface area contributed by atoms with Gasteiger partial charge in [-0.05, 0) is 12.1 Å². The van der Waals surface area contributed by atoms with Gasteiger partial charge in [0, 0.05) is 37.9 Å². The number of piperazine rings is 1. The number of hydrogen-bond donors (Lipinski definition) is 1. The third-order valence-corrected chi connectivity index (χ3v) is 3.62. The molecule has 2 N–H and O–H groups in total. The molecule has 1 aromatic carbocycles. The van der Waals surface area contributed by atoms with Crippen molar-refractivity contribution in [1.82, 2.24) is 9.97 Å². The summed E-state index contributed by atoms with van der Waals surface area (Å²) in [4.78, 5) is 12.7. The number of rotatable bonds is 2. The fraction of sp³-hybridized carbons (Fsp3) is 0.286. The van der Waals surface area contributed by atoms with Gasteiger partial charge in [0.15, 0.2) is 0 Å². The van der Waals surface area contributed by atoms with Crippen LogP contribution >= 0.6 is 11.6 Å². The monoisotopic (exact) mass is 289 g/mol. The normalized spacial score (nSPS) is 15.4. The van der Waals surface area contributed by atoms with Crippen LogP contribution in [0.2, 0.25) is 5.15 Å². The van der Waals surface area contributed by atoms with Crippen molar-refractivity contribution in [2.24, 2.45) is 0 Å². The molecule has 5 nitrogen and oxygen atoms in total. The Morgan fingerprint density at radius 1 is 0.950 bits per heavy atom. The third kappa shape index (κ3) is 2.77. The van der Waals surface area contributed by atoms with Crippen LogP contribution in [0.3, 0.4) is 0 Å².